The average molecular weight is 303 g/mol. The molecule has 1 amide bonds. The first-order valence-electron chi connectivity index (χ1n) is 6.66. The number of nitrogens with zero attached hydrogens (tertiary/aromatic N) is 2. The lowest BCUT2D eigenvalue weighted by Gasteiger charge is -2.15. The van der Waals surface area contributed by atoms with E-state index in [-0.39, 0.29) is 5.91 Å². The molecule has 1 aromatic heterocycles. The van der Waals surface area contributed by atoms with Gasteiger partial charge in [-0.25, -0.2) is 4.98 Å². The number of hydrogen-bond donors (Lipinski definition) is 0. The molecular formula is C16H15ClN2O2. The van der Waals surface area contributed by atoms with Gasteiger partial charge in [0.05, 0.1) is 24.9 Å². The Morgan fingerprint density at radius 2 is 2.05 bits per heavy atom. The zero-order valence-electron chi connectivity index (χ0n) is 11.9. The van der Waals surface area contributed by atoms with Crippen LogP contribution in [0.2, 0.25) is 5.15 Å². The Bertz CT molecular complexity index is 698. The van der Waals surface area contributed by atoms with Gasteiger partial charge in [0.15, 0.2) is 0 Å². The van der Waals surface area contributed by atoms with Crippen molar-refractivity contribution in [2.45, 2.75) is 20.0 Å². The zero-order chi connectivity index (χ0) is 15.0. The first kappa shape index (κ1) is 13.9. The number of ether oxygens (including phenoxy) is 1. The van der Waals surface area contributed by atoms with Crippen molar-refractivity contribution in [3.63, 3.8) is 0 Å². The first-order chi connectivity index (χ1) is 10.1. The minimum Gasteiger partial charge on any atom is -0.497 e. The molecule has 3 rings (SSSR count). The van der Waals surface area contributed by atoms with E-state index < -0.39 is 0 Å². The summed E-state index contributed by atoms with van der Waals surface area (Å²) in [6, 6.07) is 9.44. The van der Waals surface area contributed by atoms with Crippen molar-refractivity contribution in [1.29, 1.82) is 0 Å². The number of benzene rings is 1. The van der Waals surface area contributed by atoms with Crippen LogP contribution < -0.4 is 4.74 Å². The summed E-state index contributed by atoms with van der Waals surface area (Å²) in [5.41, 5.74) is 3.39. The standard InChI is InChI=1S/C16H15ClN2O2/c1-10-7-14(17)18-13-9-19(16(20)15(10)13)8-11-3-5-12(21-2)6-4-11/h3-7H,8-9H2,1-2H3. The Balaban J connectivity index is 1.82. The van der Waals surface area contributed by atoms with Gasteiger partial charge in [0.1, 0.15) is 10.9 Å². The molecule has 108 valence electrons. The second kappa shape index (κ2) is 5.37. The van der Waals surface area contributed by atoms with E-state index in [0.717, 1.165) is 22.6 Å². The molecule has 21 heavy (non-hydrogen) atoms. The summed E-state index contributed by atoms with van der Waals surface area (Å²) in [7, 11) is 1.63. The lowest BCUT2D eigenvalue weighted by atomic mass is 10.1. The van der Waals surface area contributed by atoms with Gasteiger partial charge in [-0.15, -0.1) is 0 Å². The molecule has 1 aliphatic rings. The number of halogens is 1. The monoisotopic (exact) mass is 302 g/mol. The number of methoxy groups -OCH3 is 1. The summed E-state index contributed by atoms with van der Waals surface area (Å²) in [4.78, 5) is 18.5. The summed E-state index contributed by atoms with van der Waals surface area (Å²) in [5, 5.41) is 0.436. The van der Waals surface area contributed by atoms with Crippen molar-refractivity contribution >= 4 is 17.5 Å². The molecule has 0 fully saturated rings. The van der Waals surface area contributed by atoms with Crippen molar-refractivity contribution < 1.29 is 9.53 Å². The smallest absolute Gasteiger partial charge is 0.256 e. The molecule has 0 N–H and O–H groups in total. The largest absolute Gasteiger partial charge is 0.497 e. The van der Waals surface area contributed by atoms with Gasteiger partial charge in [-0.3, -0.25) is 4.79 Å². The molecular weight excluding hydrogens is 288 g/mol. The van der Waals surface area contributed by atoms with E-state index in [1.807, 2.05) is 31.2 Å². The number of rotatable bonds is 3. The van der Waals surface area contributed by atoms with Crippen LogP contribution in [0.25, 0.3) is 0 Å². The normalized spacial score (nSPS) is 13.5. The molecule has 1 aromatic carbocycles. The number of aromatic nitrogens is 1. The predicted molar refractivity (Wildman–Crippen MR) is 80.6 cm³/mol. The topological polar surface area (TPSA) is 42.4 Å². The van der Waals surface area contributed by atoms with Crippen LogP contribution in [0.3, 0.4) is 0 Å². The molecule has 0 bridgehead atoms. The summed E-state index contributed by atoms with van der Waals surface area (Å²) in [6.07, 6.45) is 0. The fraction of sp³-hybridized carbons (Fsp3) is 0.250. The second-order valence-electron chi connectivity index (χ2n) is 5.09. The van der Waals surface area contributed by atoms with E-state index in [2.05, 4.69) is 4.98 Å². The number of amides is 1. The summed E-state index contributed by atoms with van der Waals surface area (Å²) < 4.78 is 5.13. The van der Waals surface area contributed by atoms with Crippen LogP contribution in [0.15, 0.2) is 30.3 Å². The SMILES string of the molecule is COc1ccc(CN2Cc3nc(Cl)cc(C)c3C2=O)cc1. The minimum atomic E-state index is 0.0162. The van der Waals surface area contributed by atoms with Crippen LogP contribution in [0.5, 0.6) is 5.75 Å². The summed E-state index contributed by atoms with van der Waals surface area (Å²) in [5.74, 6) is 0.821. The van der Waals surface area contributed by atoms with Gasteiger partial charge in [-0.05, 0) is 36.2 Å². The fourth-order valence-corrected chi connectivity index (χ4v) is 2.86. The van der Waals surface area contributed by atoms with E-state index in [1.54, 1.807) is 18.1 Å². The van der Waals surface area contributed by atoms with E-state index in [9.17, 15) is 4.79 Å². The van der Waals surface area contributed by atoms with Gasteiger partial charge in [-0.1, -0.05) is 23.7 Å². The zero-order valence-corrected chi connectivity index (χ0v) is 12.6. The third-order valence-corrected chi connectivity index (χ3v) is 3.83. The molecule has 0 saturated carbocycles. The molecule has 0 spiro atoms. The van der Waals surface area contributed by atoms with Crippen LogP contribution in [0, 0.1) is 6.92 Å². The van der Waals surface area contributed by atoms with Gasteiger partial charge in [-0.2, -0.15) is 0 Å². The van der Waals surface area contributed by atoms with Gasteiger partial charge < -0.3 is 9.64 Å². The van der Waals surface area contributed by atoms with Gasteiger partial charge >= 0.3 is 0 Å². The van der Waals surface area contributed by atoms with Crippen LogP contribution in [-0.2, 0) is 13.1 Å². The van der Waals surface area contributed by atoms with Crippen molar-refractivity contribution in [1.82, 2.24) is 9.88 Å². The van der Waals surface area contributed by atoms with Crippen LogP contribution in [0.1, 0.15) is 27.2 Å². The first-order valence-corrected chi connectivity index (χ1v) is 7.04. The fourth-order valence-electron chi connectivity index (χ4n) is 2.59. The molecule has 0 unspecified atom stereocenters. The number of carbonyl (C=O) groups excluding carboxylic acids is 1. The molecule has 0 radical (unpaired) electrons. The van der Waals surface area contributed by atoms with E-state index >= 15 is 0 Å². The Kier molecular flexibility index (Phi) is 3.55. The quantitative estimate of drug-likeness (QED) is 0.818. The van der Waals surface area contributed by atoms with Crippen LogP contribution >= 0.6 is 11.6 Å². The van der Waals surface area contributed by atoms with E-state index in [0.29, 0.717) is 23.8 Å². The maximum Gasteiger partial charge on any atom is 0.256 e. The van der Waals surface area contributed by atoms with Gasteiger partial charge in [0, 0.05) is 6.54 Å². The number of aryl methyl sites for hydroxylation is 1. The Hall–Kier alpha value is -2.07. The molecule has 4 nitrogen and oxygen atoms in total. The minimum absolute atomic E-state index is 0.0162. The molecule has 0 aliphatic carbocycles. The molecule has 0 atom stereocenters. The lowest BCUT2D eigenvalue weighted by molar-refractivity contribution is 0.0766. The third-order valence-electron chi connectivity index (χ3n) is 3.63. The Morgan fingerprint density at radius 3 is 2.71 bits per heavy atom. The maximum absolute atomic E-state index is 12.5. The van der Waals surface area contributed by atoms with Crippen molar-refractivity contribution in [2.75, 3.05) is 7.11 Å². The van der Waals surface area contributed by atoms with Crippen LogP contribution in [0.4, 0.5) is 0 Å². The molecule has 2 heterocycles. The maximum atomic E-state index is 12.5. The second-order valence-corrected chi connectivity index (χ2v) is 5.48. The highest BCUT2D eigenvalue weighted by molar-refractivity contribution is 6.29. The number of fused-ring (bicyclic) bond motifs is 1. The van der Waals surface area contributed by atoms with Crippen molar-refractivity contribution in [3.8, 4) is 5.75 Å². The van der Waals surface area contributed by atoms with E-state index in [1.165, 1.54) is 0 Å². The van der Waals surface area contributed by atoms with Crippen molar-refractivity contribution in [3.05, 3.63) is 57.9 Å². The lowest BCUT2D eigenvalue weighted by Crippen LogP contribution is -2.23. The van der Waals surface area contributed by atoms with Gasteiger partial charge in [0.25, 0.3) is 5.91 Å². The van der Waals surface area contributed by atoms with Gasteiger partial charge in [0.2, 0.25) is 0 Å². The highest BCUT2D eigenvalue weighted by Gasteiger charge is 2.30. The molecule has 0 saturated heterocycles. The van der Waals surface area contributed by atoms with Crippen LogP contribution in [-0.4, -0.2) is 22.9 Å². The summed E-state index contributed by atoms with van der Waals surface area (Å²) >= 11 is 5.96. The highest BCUT2D eigenvalue weighted by atomic mass is 35.5. The molecule has 2 aromatic rings. The molecule has 5 heteroatoms. The van der Waals surface area contributed by atoms with E-state index in [4.69, 9.17) is 16.3 Å². The molecule has 1 aliphatic heterocycles. The number of hydrogen-bond acceptors (Lipinski definition) is 3. The summed E-state index contributed by atoms with van der Waals surface area (Å²) in [6.45, 7) is 2.94. The number of carbonyl (C=O) groups is 1. The Morgan fingerprint density at radius 1 is 1.33 bits per heavy atom. The highest BCUT2D eigenvalue weighted by Crippen LogP contribution is 2.27. The predicted octanol–water partition coefficient (Wildman–Crippen LogP) is 3.21. The number of pyridine rings is 1. The van der Waals surface area contributed by atoms with Crippen molar-refractivity contribution in [2.24, 2.45) is 0 Å². The Labute approximate surface area is 128 Å². The average Bonchev–Trinajstić information content (AvgIpc) is 2.76. The third kappa shape index (κ3) is 2.59.